The monoisotopic (exact) mass is 423 g/mol. The van der Waals surface area contributed by atoms with Crippen LogP contribution in [0.1, 0.15) is 6.92 Å². The molecule has 29 heavy (non-hydrogen) atoms. The fourth-order valence-electron chi connectivity index (χ4n) is 2.87. The van der Waals surface area contributed by atoms with E-state index < -0.39 is 10.0 Å². The van der Waals surface area contributed by atoms with Crippen LogP contribution in [0.4, 0.5) is 11.4 Å². The number of hydrogen-bond acceptors (Lipinski definition) is 5. The normalized spacial score (nSPS) is 11.3. The second-order valence-corrected chi connectivity index (χ2v) is 9.06. The first kappa shape index (κ1) is 19.1. The molecule has 0 fully saturated rings. The van der Waals surface area contributed by atoms with Gasteiger partial charge in [0.25, 0.3) is 10.0 Å². The summed E-state index contributed by atoms with van der Waals surface area (Å²) >= 11 is 1.51. The molecule has 1 heterocycles. The highest BCUT2D eigenvalue weighted by Crippen LogP contribution is 2.35. The van der Waals surface area contributed by atoms with E-state index in [4.69, 9.17) is 0 Å². The summed E-state index contributed by atoms with van der Waals surface area (Å²) in [5.41, 5.74) is 2.58. The van der Waals surface area contributed by atoms with Gasteiger partial charge in [-0.05, 0) is 48.5 Å². The topological polar surface area (TPSA) is 88.2 Å². The van der Waals surface area contributed by atoms with Gasteiger partial charge in [-0.15, -0.1) is 11.3 Å². The van der Waals surface area contributed by atoms with Crippen molar-refractivity contribution in [3.63, 3.8) is 0 Å². The summed E-state index contributed by atoms with van der Waals surface area (Å²) < 4.78 is 29.4. The number of sulfonamides is 1. The van der Waals surface area contributed by atoms with Crippen LogP contribution in [0, 0.1) is 0 Å². The second-order valence-electron chi connectivity index (χ2n) is 6.34. The zero-order chi connectivity index (χ0) is 20.4. The maximum absolute atomic E-state index is 12.9. The van der Waals surface area contributed by atoms with Crippen LogP contribution in [-0.4, -0.2) is 19.3 Å². The fourth-order valence-corrected chi connectivity index (χ4v) is 4.96. The summed E-state index contributed by atoms with van der Waals surface area (Å²) in [5, 5.41) is 3.36. The van der Waals surface area contributed by atoms with Crippen molar-refractivity contribution >= 4 is 48.9 Å². The number of benzene rings is 3. The van der Waals surface area contributed by atoms with E-state index >= 15 is 0 Å². The molecule has 3 aromatic carbocycles. The Bertz CT molecular complexity index is 1260. The number of rotatable bonds is 5. The van der Waals surface area contributed by atoms with E-state index in [1.807, 2.05) is 36.4 Å². The zero-order valence-corrected chi connectivity index (χ0v) is 17.0. The van der Waals surface area contributed by atoms with Gasteiger partial charge >= 0.3 is 0 Å². The SMILES string of the molecule is CC(=O)Nc1ccc(S(=O)(=O)Nc2ccccc2-c2nc3ccccc3s2)cc1. The van der Waals surface area contributed by atoms with Gasteiger partial charge < -0.3 is 5.32 Å². The van der Waals surface area contributed by atoms with Gasteiger partial charge in [-0.1, -0.05) is 24.3 Å². The molecule has 1 amide bonds. The maximum Gasteiger partial charge on any atom is 0.261 e. The van der Waals surface area contributed by atoms with Gasteiger partial charge in [-0.3, -0.25) is 9.52 Å². The number of anilines is 2. The maximum atomic E-state index is 12.9. The average molecular weight is 424 g/mol. The lowest BCUT2D eigenvalue weighted by Gasteiger charge is -2.12. The lowest BCUT2D eigenvalue weighted by atomic mass is 10.2. The molecule has 0 aliphatic rings. The Labute approximate surface area is 172 Å². The van der Waals surface area contributed by atoms with Crippen LogP contribution in [0.5, 0.6) is 0 Å². The number of carbonyl (C=O) groups is 1. The Morgan fingerprint density at radius 1 is 0.931 bits per heavy atom. The van der Waals surface area contributed by atoms with Crippen molar-refractivity contribution < 1.29 is 13.2 Å². The molecule has 4 rings (SSSR count). The number of carbonyl (C=O) groups excluding carboxylic acids is 1. The predicted octanol–water partition coefficient (Wildman–Crippen LogP) is 4.72. The van der Waals surface area contributed by atoms with E-state index in [1.54, 1.807) is 24.3 Å². The van der Waals surface area contributed by atoms with Gasteiger partial charge in [-0.25, -0.2) is 13.4 Å². The van der Waals surface area contributed by atoms with E-state index in [9.17, 15) is 13.2 Å². The van der Waals surface area contributed by atoms with Crippen molar-refractivity contribution in [1.29, 1.82) is 0 Å². The van der Waals surface area contributed by atoms with Crippen LogP contribution in [-0.2, 0) is 14.8 Å². The summed E-state index contributed by atoms with van der Waals surface area (Å²) in [5.74, 6) is -0.219. The number of amides is 1. The van der Waals surface area contributed by atoms with Gasteiger partial charge in [0.2, 0.25) is 5.91 Å². The van der Waals surface area contributed by atoms with Gasteiger partial charge in [-0.2, -0.15) is 0 Å². The molecule has 0 bridgehead atoms. The molecule has 2 N–H and O–H groups in total. The summed E-state index contributed by atoms with van der Waals surface area (Å²) in [6.45, 7) is 1.39. The summed E-state index contributed by atoms with van der Waals surface area (Å²) in [6, 6.07) is 21.0. The van der Waals surface area contributed by atoms with Crippen LogP contribution in [0.15, 0.2) is 77.7 Å². The summed E-state index contributed by atoms with van der Waals surface area (Å²) in [4.78, 5) is 15.9. The third kappa shape index (κ3) is 4.13. The Balaban J connectivity index is 1.66. The molecule has 0 saturated heterocycles. The minimum absolute atomic E-state index is 0.103. The van der Waals surface area contributed by atoms with Crippen LogP contribution < -0.4 is 10.0 Å². The lowest BCUT2D eigenvalue weighted by Crippen LogP contribution is -2.14. The van der Waals surface area contributed by atoms with Crippen LogP contribution in [0.3, 0.4) is 0 Å². The molecule has 0 saturated carbocycles. The fraction of sp³-hybridized carbons (Fsp3) is 0.0476. The average Bonchev–Trinajstić information content (AvgIpc) is 3.12. The summed E-state index contributed by atoms with van der Waals surface area (Å²) in [6.07, 6.45) is 0. The number of fused-ring (bicyclic) bond motifs is 1. The number of hydrogen-bond donors (Lipinski definition) is 2. The Kier molecular flexibility index (Phi) is 5.04. The number of aromatic nitrogens is 1. The van der Waals surface area contributed by atoms with Crippen molar-refractivity contribution in [3.8, 4) is 10.6 Å². The van der Waals surface area contributed by atoms with Crippen molar-refractivity contribution in [1.82, 2.24) is 4.98 Å². The molecule has 0 aliphatic heterocycles. The largest absolute Gasteiger partial charge is 0.326 e. The van der Waals surface area contributed by atoms with E-state index in [0.717, 1.165) is 15.2 Å². The first-order valence-electron chi connectivity index (χ1n) is 8.78. The highest BCUT2D eigenvalue weighted by atomic mass is 32.2. The van der Waals surface area contributed by atoms with Crippen LogP contribution >= 0.6 is 11.3 Å². The number of thiazole rings is 1. The molecule has 6 nitrogen and oxygen atoms in total. The third-order valence-electron chi connectivity index (χ3n) is 4.18. The molecular formula is C21H17N3O3S2. The van der Waals surface area contributed by atoms with Crippen molar-refractivity contribution in [2.75, 3.05) is 10.0 Å². The molecule has 0 radical (unpaired) electrons. The minimum Gasteiger partial charge on any atom is -0.326 e. The molecule has 0 spiro atoms. The highest BCUT2D eigenvalue weighted by Gasteiger charge is 2.18. The molecular weight excluding hydrogens is 406 g/mol. The first-order valence-corrected chi connectivity index (χ1v) is 11.1. The molecule has 0 atom stereocenters. The van der Waals surface area contributed by atoms with Crippen LogP contribution in [0.2, 0.25) is 0 Å². The van der Waals surface area contributed by atoms with E-state index in [-0.39, 0.29) is 10.8 Å². The van der Waals surface area contributed by atoms with E-state index in [2.05, 4.69) is 15.0 Å². The van der Waals surface area contributed by atoms with Gasteiger partial charge in [0, 0.05) is 18.2 Å². The molecule has 0 unspecified atom stereocenters. The molecule has 0 aliphatic carbocycles. The Morgan fingerprint density at radius 3 is 2.34 bits per heavy atom. The van der Waals surface area contributed by atoms with E-state index in [0.29, 0.717) is 16.9 Å². The number of para-hydroxylation sites is 2. The van der Waals surface area contributed by atoms with Crippen molar-refractivity contribution in [2.45, 2.75) is 11.8 Å². The first-order chi connectivity index (χ1) is 13.9. The van der Waals surface area contributed by atoms with Crippen molar-refractivity contribution in [3.05, 3.63) is 72.8 Å². The molecule has 4 aromatic rings. The van der Waals surface area contributed by atoms with Gasteiger partial charge in [0.1, 0.15) is 5.01 Å². The van der Waals surface area contributed by atoms with Gasteiger partial charge in [0.15, 0.2) is 0 Å². The molecule has 8 heteroatoms. The van der Waals surface area contributed by atoms with Crippen molar-refractivity contribution in [2.24, 2.45) is 0 Å². The smallest absolute Gasteiger partial charge is 0.261 e. The Morgan fingerprint density at radius 2 is 1.62 bits per heavy atom. The number of nitrogens with zero attached hydrogens (tertiary/aromatic N) is 1. The zero-order valence-electron chi connectivity index (χ0n) is 15.4. The van der Waals surface area contributed by atoms with Crippen LogP contribution in [0.25, 0.3) is 20.8 Å². The third-order valence-corrected chi connectivity index (χ3v) is 6.63. The second kappa shape index (κ2) is 7.65. The predicted molar refractivity (Wildman–Crippen MR) is 117 cm³/mol. The van der Waals surface area contributed by atoms with E-state index in [1.165, 1.54) is 30.4 Å². The quantitative estimate of drug-likeness (QED) is 0.486. The molecule has 1 aromatic heterocycles. The highest BCUT2D eigenvalue weighted by molar-refractivity contribution is 7.92. The number of nitrogens with one attached hydrogen (secondary N) is 2. The minimum atomic E-state index is -3.80. The van der Waals surface area contributed by atoms with Gasteiger partial charge in [0.05, 0.1) is 20.8 Å². The Hall–Kier alpha value is -3.23. The lowest BCUT2D eigenvalue weighted by molar-refractivity contribution is -0.114. The standard InChI is InChI=1S/C21H17N3O3S2/c1-14(25)22-15-10-12-16(13-11-15)29(26,27)24-18-7-3-2-6-17(18)21-23-19-8-4-5-9-20(19)28-21/h2-13,24H,1H3,(H,22,25). The summed E-state index contributed by atoms with van der Waals surface area (Å²) in [7, 11) is -3.80. The molecule has 146 valence electrons.